The third kappa shape index (κ3) is 9.03. The van der Waals surface area contributed by atoms with Crippen LogP contribution in [0.15, 0.2) is 60.7 Å². The molecule has 4 N–H and O–H groups in total. The first kappa shape index (κ1) is 30.5. The average molecular weight is 549 g/mol. The van der Waals surface area contributed by atoms with Gasteiger partial charge in [0.25, 0.3) is 11.8 Å². The first-order valence-corrected chi connectivity index (χ1v) is 14.0. The maximum Gasteiger partial charge on any atom is 0.289 e. The second kappa shape index (κ2) is 15.0. The van der Waals surface area contributed by atoms with Crippen molar-refractivity contribution in [2.24, 2.45) is 5.92 Å². The molecule has 0 aromatic heterocycles. The fourth-order valence-electron chi connectivity index (χ4n) is 4.73. The van der Waals surface area contributed by atoms with Crippen molar-refractivity contribution in [2.45, 2.75) is 83.5 Å². The fourth-order valence-corrected chi connectivity index (χ4v) is 4.73. The van der Waals surface area contributed by atoms with Crippen LogP contribution in [0, 0.1) is 5.92 Å². The van der Waals surface area contributed by atoms with Gasteiger partial charge in [-0.1, -0.05) is 81.6 Å². The summed E-state index contributed by atoms with van der Waals surface area (Å²) in [5.74, 6) is -3.30. The summed E-state index contributed by atoms with van der Waals surface area (Å²) in [7, 11) is 0. The van der Waals surface area contributed by atoms with Gasteiger partial charge in [0.2, 0.25) is 17.6 Å². The quantitative estimate of drug-likeness (QED) is 0.303. The summed E-state index contributed by atoms with van der Waals surface area (Å²) in [5, 5.41) is 10.9. The SMILES string of the molecule is CC(NC(=O)[C@H](Cc1ccccc1)NC(=O)c1ccccc1)C(=O)N[C@H](C(=O)C(=O)NC1CCCCC1)C(C)C. The van der Waals surface area contributed by atoms with Gasteiger partial charge in [0, 0.05) is 18.0 Å². The maximum atomic E-state index is 13.3. The highest BCUT2D eigenvalue weighted by Crippen LogP contribution is 2.17. The van der Waals surface area contributed by atoms with Crippen LogP contribution in [0.4, 0.5) is 0 Å². The van der Waals surface area contributed by atoms with Crippen LogP contribution in [0.2, 0.25) is 0 Å². The Labute approximate surface area is 235 Å². The molecule has 3 rings (SSSR count). The lowest BCUT2D eigenvalue weighted by Crippen LogP contribution is -2.57. The molecule has 0 aliphatic heterocycles. The molecule has 1 aliphatic rings. The Kier molecular flexibility index (Phi) is 11.4. The van der Waals surface area contributed by atoms with Gasteiger partial charge in [-0.3, -0.25) is 24.0 Å². The molecule has 9 nitrogen and oxygen atoms in total. The van der Waals surface area contributed by atoms with E-state index in [1.54, 1.807) is 44.2 Å². The summed E-state index contributed by atoms with van der Waals surface area (Å²) in [5.41, 5.74) is 1.24. The van der Waals surface area contributed by atoms with Crippen molar-refractivity contribution in [3.63, 3.8) is 0 Å². The third-order valence-corrected chi connectivity index (χ3v) is 7.10. The second-order valence-corrected chi connectivity index (χ2v) is 10.7. The highest BCUT2D eigenvalue weighted by Gasteiger charge is 2.33. The van der Waals surface area contributed by atoms with E-state index in [2.05, 4.69) is 21.3 Å². The monoisotopic (exact) mass is 548 g/mol. The Morgan fingerprint density at radius 3 is 1.95 bits per heavy atom. The van der Waals surface area contributed by atoms with Gasteiger partial charge in [0.15, 0.2) is 0 Å². The molecule has 1 fully saturated rings. The predicted octanol–water partition coefficient (Wildman–Crippen LogP) is 2.69. The molecule has 2 aromatic carbocycles. The van der Waals surface area contributed by atoms with Gasteiger partial charge in [0.1, 0.15) is 12.1 Å². The maximum absolute atomic E-state index is 13.3. The van der Waals surface area contributed by atoms with Crippen molar-refractivity contribution in [2.75, 3.05) is 0 Å². The average Bonchev–Trinajstić information content (AvgIpc) is 2.96. The number of carbonyl (C=O) groups is 5. The molecular formula is C31H40N4O5. The first-order chi connectivity index (χ1) is 19.2. The van der Waals surface area contributed by atoms with E-state index in [-0.39, 0.29) is 18.4 Å². The molecule has 1 saturated carbocycles. The van der Waals surface area contributed by atoms with Gasteiger partial charge >= 0.3 is 0 Å². The molecule has 0 spiro atoms. The number of hydrogen-bond acceptors (Lipinski definition) is 5. The molecule has 3 atom stereocenters. The van der Waals surface area contributed by atoms with E-state index in [1.807, 2.05) is 30.3 Å². The Balaban J connectivity index is 1.64. The fraction of sp³-hybridized carbons (Fsp3) is 0.452. The lowest BCUT2D eigenvalue weighted by molar-refractivity contribution is -0.141. The molecule has 0 radical (unpaired) electrons. The number of hydrogen-bond donors (Lipinski definition) is 4. The van der Waals surface area contributed by atoms with Crippen molar-refractivity contribution in [1.82, 2.24) is 21.3 Å². The van der Waals surface area contributed by atoms with Gasteiger partial charge < -0.3 is 21.3 Å². The largest absolute Gasteiger partial charge is 0.347 e. The minimum atomic E-state index is -1.03. The Bertz CT molecular complexity index is 1160. The smallest absolute Gasteiger partial charge is 0.289 e. The molecule has 40 heavy (non-hydrogen) atoms. The molecule has 9 heteroatoms. The molecule has 2 aromatic rings. The molecule has 214 valence electrons. The van der Waals surface area contributed by atoms with E-state index in [9.17, 15) is 24.0 Å². The number of benzene rings is 2. The van der Waals surface area contributed by atoms with Crippen LogP contribution in [0.5, 0.6) is 0 Å². The van der Waals surface area contributed by atoms with Gasteiger partial charge in [-0.2, -0.15) is 0 Å². The third-order valence-electron chi connectivity index (χ3n) is 7.10. The van der Waals surface area contributed by atoms with E-state index in [0.29, 0.717) is 5.56 Å². The zero-order chi connectivity index (χ0) is 29.1. The van der Waals surface area contributed by atoms with Gasteiger partial charge in [-0.05, 0) is 43.4 Å². The van der Waals surface area contributed by atoms with Crippen molar-refractivity contribution in [1.29, 1.82) is 0 Å². The zero-order valence-corrected chi connectivity index (χ0v) is 23.4. The Hall–Kier alpha value is -4.01. The highest BCUT2D eigenvalue weighted by molar-refractivity contribution is 6.38. The van der Waals surface area contributed by atoms with Crippen LogP contribution in [0.25, 0.3) is 0 Å². The van der Waals surface area contributed by atoms with Crippen LogP contribution in [0.3, 0.4) is 0 Å². The molecular weight excluding hydrogens is 508 g/mol. The van der Waals surface area contributed by atoms with Crippen molar-refractivity contribution in [3.05, 3.63) is 71.8 Å². The summed E-state index contributed by atoms with van der Waals surface area (Å²) in [4.78, 5) is 64.7. The van der Waals surface area contributed by atoms with Crippen molar-refractivity contribution >= 4 is 29.4 Å². The standard InChI is InChI=1S/C31H40N4O5/c1-20(2)26(27(36)31(40)33-24-17-11-6-12-18-24)35-28(37)21(3)32-30(39)25(19-22-13-7-4-8-14-22)34-29(38)23-15-9-5-10-16-23/h4-5,7-10,13-16,20-21,24-26H,6,11-12,17-19H2,1-3H3,(H,32,39)(H,33,40)(H,34,38)(H,35,37)/t21?,25-,26-/m0/s1. The summed E-state index contributed by atoms with van der Waals surface area (Å²) in [6.45, 7) is 4.99. The van der Waals surface area contributed by atoms with Gasteiger partial charge in [0.05, 0.1) is 6.04 Å². The molecule has 0 heterocycles. The first-order valence-electron chi connectivity index (χ1n) is 14.0. The van der Waals surface area contributed by atoms with E-state index in [0.717, 1.165) is 37.7 Å². The highest BCUT2D eigenvalue weighted by atomic mass is 16.2. The molecule has 1 unspecified atom stereocenters. The summed E-state index contributed by atoms with van der Waals surface area (Å²) >= 11 is 0. The van der Waals surface area contributed by atoms with Crippen LogP contribution in [-0.2, 0) is 25.6 Å². The number of Topliss-reactive ketones (excluding diaryl/α,β-unsaturated/α-hetero) is 1. The minimum Gasteiger partial charge on any atom is -0.347 e. The molecule has 4 amide bonds. The summed E-state index contributed by atoms with van der Waals surface area (Å²) < 4.78 is 0. The number of amides is 4. The van der Waals surface area contributed by atoms with Gasteiger partial charge in [-0.25, -0.2) is 0 Å². The van der Waals surface area contributed by atoms with E-state index < -0.39 is 47.5 Å². The number of nitrogens with one attached hydrogen (secondary N) is 4. The summed E-state index contributed by atoms with van der Waals surface area (Å²) in [6.07, 6.45) is 5.04. The normalized spacial score (nSPS) is 15.8. The number of carbonyl (C=O) groups excluding carboxylic acids is 5. The van der Waals surface area contributed by atoms with Crippen LogP contribution < -0.4 is 21.3 Å². The van der Waals surface area contributed by atoms with Gasteiger partial charge in [-0.15, -0.1) is 0 Å². The summed E-state index contributed by atoms with van der Waals surface area (Å²) in [6, 6.07) is 14.8. The lowest BCUT2D eigenvalue weighted by atomic mass is 9.94. The minimum absolute atomic E-state index is 0.0282. The van der Waals surface area contributed by atoms with Crippen LogP contribution in [-0.4, -0.2) is 53.6 Å². The topological polar surface area (TPSA) is 133 Å². The molecule has 0 bridgehead atoms. The van der Waals surface area contributed by atoms with E-state index >= 15 is 0 Å². The zero-order valence-electron chi connectivity index (χ0n) is 23.4. The molecule has 1 aliphatic carbocycles. The Morgan fingerprint density at radius 1 is 0.750 bits per heavy atom. The van der Waals surface area contributed by atoms with Crippen LogP contribution >= 0.6 is 0 Å². The van der Waals surface area contributed by atoms with Crippen molar-refractivity contribution < 1.29 is 24.0 Å². The number of rotatable bonds is 12. The van der Waals surface area contributed by atoms with E-state index in [4.69, 9.17) is 0 Å². The van der Waals surface area contributed by atoms with Crippen LogP contribution in [0.1, 0.15) is 68.8 Å². The number of ketones is 1. The molecule has 0 saturated heterocycles. The van der Waals surface area contributed by atoms with Crippen molar-refractivity contribution in [3.8, 4) is 0 Å². The predicted molar refractivity (Wildman–Crippen MR) is 152 cm³/mol. The lowest BCUT2D eigenvalue weighted by Gasteiger charge is -2.26. The van der Waals surface area contributed by atoms with E-state index in [1.165, 1.54) is 6.92 Å². The second-order valence-electron chi connectivity index (χ2n) is 10.7. The Morgan fingerprint density at radius 2 is 1.35 bits per heavy atom.